The quantitative estimate of drug-likeness (QED) is 0.165. The molecule has 5 heterocycles. The third-order valence-electron chi connectivity index (χ3n) is 15.1. The van der Waals surface area contributed by atoms with E-state index in [0.717, 1.165) is 60.4 Å². The molecule has 9 aromatic carbocycles. The highest BCUT2D eigenvalue weighted by Crippen LogP contribution is 2.51. The minimum atomic E-state index is -0.0974. The standard InChI is InChI=1S/C60H43B2NO2/c1-32-28-34(3)52(35(4)29-32)61-42-24-17-25-43-56(42)63-57-50(51-58(63)54(61)46(38-18-9-7-10-19-38)48-40-22-13-15-26-44(40)65-60(48)51)49-41-23-14-16-27-45(41)64-59(49)47(39-20-11-8-12-21-39)55(57)62(43)53-36(5)30-33(2)31-37(53)6/h7-31H,1-6H3. The minimum absolute atomic E-state index is 0.0780. The average molecular weight is 832 g/mol. The summed E-state index contributed by atoms with van der Waals surface area (Å²) < 4.78 is 17.4. The number of aryl methyl sites for hydroxylation is 6. The van der Waals surface area contributed by atoms with E-state index in [-0.39, 0.29) is 13.4 Å². The largest absolute Gasteiger partial charge is 0.455 e. The molecular weight excluding hydrogens is 788 g/mol. The van der Waals surface area contributed by atoms with E-state index in [0.29, 0.717) is 0 Å². The molecule has 0 atom stereocenters. The predicted molar refractivity (Wildman–Crippen MR) is 277 cm³/mol. The molecule has 0 spiro atoms. The molecule has 3 nitrogen and oxygen atoms in total. The zero-order valence-corrected chi connectivity index (χ0v) is 37.4. The van der Waals surface area contributed by atoms with Gasteiger partial charge in [-0.15, -0.1) is 0 Å². The van der Waals surface area contributed by atoms with Gasteiger partial charge in [-0.3, -0.25) is 0 Å². The lowest BCUT2D eigenvalue weighted by molar-refractivity contribution is 0.670. The van der Waals surface area contributed by atoms with E-state index in [9.17, 15) is 0 Å². The molecule has 2 aliphatic heterocycles. The van der Waals surface area contributed by atoms with Crippen LogP contribution in [0.1, 0.15) is 33.4 Å². The van der Waals surface area contributed by atoms with Gasteiger partial charge in [0, 0.05) is 38.2 Å². The summed E-state index contributed by atoms with van der Waals surface area (Å²) in [6, 6.07) is 56.2. The van der Waals surface area contributed by atoms with Crippen LogP contribution in [0, 0.1) is 41.5 Å². The normalized spacial score (nSPS) is 13.0. The maximum atomic E-state index is 7.39. The zero-order valence-electron chi connectivity index (χ0n) is 37.4. The molecule has 0 N–H and O–H groups in total. The van der Waals surface area contributed by atoms with Crippen LogP contribution in [0.25, 0.3) is 93.6 Å². The van der Waals surface area contributed by atoms with Gasteiger partial charge in [0.2, 0.25) is 13.4 Å². The van der Waals surface area contributed by atoms with Crippen molar-refractivity contribution in [1.82, 2.24) is 4.57 Å². The van der Waals surface area contributed by atoms with Crippen molar-refractivity contribution in [1.29, 1.82) is 0 Å². The number of nitrogens with zero attached hydrogens (tertiary/aromatic N) is 1. The molecule has 0 saturated carbocycles. The molecular formula is C60H43B2NO2. The van der Waals surface area contributed by atoms with Crippen molar-refractivity contribution < 1.29 is 8.83 Å². The Morgan fingerprint density at radius 2 is 0.831 bits per heavy atom. The van der Waals surface area contributed by atoms with Crippen LogP contribution in [0.2, 0.25) is 0 Å². The van der Waals surface area contributed by atoms with Gasteiger partial charge < -0.3 is 13.4 Å². The van der Waals surface area contributed by atoms with Gasteiger partial charge >= 0.3 is 0 Å². The minimum Gasteiger partial charge on any atom is -0.455 e. The number of furan rings is 2. The van der Waals surface area contributed by atoms with E-state index in [4.69, 9.17) is 8.83 Å². The Balaban J connectivity index is 1.37. The second-order valence-corrected chi connectivity index (χ2v) is 19.0. The first-order chi connectivity index (χ1) is 31.8. The van der Waals surface area contributed by atoms with Crippen LogP contribution in [0.4, 0.5) is 0 Å². The Morgan fingerprint density at radius 3 is 1.38 bits per heavy atom. The molecule has 3 aromatic heterocycles. The zero-order chi connectivity index (χ0) is 43.6. The molecule has 0 fully saturated rings. The van der Waals surface area contributed by atoms with Gasteiger partial charge in [-0.25, -0.2) is 0 Å². The SMILES string of the molecule is Cc1cc(C)c(B2c3cccc4c3-n3c5c2c(-c2ccccc2)c2c6ccccc6oc2c5c2c5c(oc6ccccc65)c(-c5ccccc5)c(c23)B4c2c(C)cc(C)cc2C)c(C)c1. The van der Waals surface area contributed by atoms with Gasteiger partial charge in [-0.1, -0.05) is 184 Å². The monoisotopic (exact) mass is 831 g/mol. The van der Waals surface area contributed by atoms with Gasteiger partial charge in [0.1, 0.15) is 22.3 Å². The number of rotatable bonds is 4. The van der Waals surface area contributed by atoms with Crippen molar-refractivity contribution in [2.45, 2.75) is 41.5 Å². The van der Waals surface area contributed by atoms with Crippen molar-refractivity contribution in [3.05, 3.63) is 185 Å². The van der Waals surface area contributed by atoms with Crippen LogP contribution in [-0.2, 0) is 0 Å². The Morgan fingerprint density at radius 1 is 0.385 bits per heavy atom. The number of hydrogen-bond acceptors (Lipinski definition) is 2. The lowest BCUT2D eigenvalue weighted by atomic mass is 9.29. The molecule has 0 bridgehead atoms. The summed E-state index contributed by atoms with van der Waals surface area (Å²) in [4.78, 5) is 0. The van der Waals surface area contributed by atoms with Gasteiger partial charge in [0.05, 0.1) is 16.4 Å². The van der Waals surface area contributed by atoms with Crippen LogP contribution in [0.5, 0.6) is 0 Å². The highest BCUT2D eigenvalue weighted by molar-refractivity contribution is 7.03. The topological polar surface area (TPSA) is 31.2 Å². The molecule has 0 aliphatic carbocycles. The van der Waals surface area contributed by atoms with Gasteiger partial charge in [0.15, 0.2) is 0 Å². The van der Waals surface area contributed by atoms with E-state index in [1.165, 1.54) is 99.4 Å². The van der Waals surface area contributed by atoms with E-state index in [2.05, 4.69) is 198 Å². The number of aromatic nitrogens is 1. The van der Waals surface area contributed by atoms with E-state index in [1.54, 1.807) is 0 Å². The second kappa shape index (κ2) is 13.1. The van der Waals surface area contributed by atoms with Crippen LogP contribution in [0.15, 0.2) is 160 Å². The fourth-order valence-electron chi connectivity index (χ4n) is 13.1. The Labute approximate surface area is 378 Å². The van der Waals surface area contributed by atoms with E-state index >= 15 is 0 Å². The summed E-state index contributed by atoms with van der Waals surface area (Å²) in [6.45, 7) is 13.6. The molecule has 0 amide bonds. The number of para-hydroxylation sites is 3. The van der Waals surface area contributed by atoms with Crippen LogP contribution in [0.3, 0.4) is 0 Å². The summed E-state index contributed by atoms with van der Waals surface area (Å²) >= 11 is 0. The molecule has 5 heteroatoms. The van der Waals surface area contributed by atoms with E-state index < -0.39 is 0 Å². The Bertz CT molecular complexity index is 4030. The van der Waals surface area contributed by atoms with Crippen molar-refractivity contribution in [2.24, 2.45) is 0 Å². The Hall–Kier alpha value is -7.49. The van der Waals surface area contributed by atoms with Crippen molar-refractivity contribution >= 4 is 112 Å². The Kier molecular flexibility index (Phi) is 7.42. The molecule has 2 aliphatic rings. The first kappa shape index (κ1) is 36.9. The molecule has 0 saturated heterocycles. The highest BCUT2D eigenvalue weighted by Gasteiger charge is 2.47. The second-order valence-electron chi connectivity index (χ2n) is 19.0. The van der Waals surface area contributed by atoms with Crippen LogP contribution in [-0.4, -0.2) is 18.0 Å². The lowest BCUT2D eigenvalue weighted by Gasteiger charge is -2.37. The molecule has 0 unspecified atom stereocenters. The molecule has 0 radical (unpaired) electrons. The molecule has 306 valence electrons. The number of hydrogen-bond donors (Lipinski definition) is 0. The molecule has 65 heavy (non-hydrogen) atoms. The fourth-order valence-corrected chi connectivity index (χ4v) is 13.1. The van der Waals surface area contributed by atoms with E-state index in [1.807, 2.05) is 0 Å². The third-order valence-corrected chi connectivity index (χ3v) is 15.1. The van der Waals surface area contributed by atoms with Gasteiger partial charge in [-0.05, 0) is 92.2 Å². The number of fused-ring (bicyclic) bond motifs is 9. The summed E-state index contributed by atoms with van der Waals surface area (Å²) in [7, 11) is 0. The summed E-state index contributed by atoms with van der Waals surface area (Å²) in [5.74, 6) is 0. The van der Waals surface area contributed by atoms with Gasteiger partial charge in [0.25, 0.3) is 0 Å². The van der Waals surface area contributed by atoms with Crippen molar-refractivity contribution in [3.63, 3.8) is 0 Å². The summed E-state index contributed by atoms with van der Waals surface area (Å²) in [5, 5.41) is 6.90. The molecule has 12 aromatic rings. The first-order valence-corrected chi connectivity index (χ1v) is 23.0. The van der Waals surface area contributed by atoms with Crippen molar-refractivity contribution in [3.8, 4) is 27.9 Å². The summed E-state index contributed by atoms with van der Waals surface area (Å²) in [5.41, 5.74) is 27.9. The maximum absolute atomic E-state index is 7.39. The fraction of sp³-hybridized carbons (Fsp3) is 0.100. The maximum Gasteiger partial charge on any atom is 0.248 e. The van der Waals surface area contributed by atoms with Crippen LogP contribution < -0.4 is 32.8 Å². The first-order valence-electron chi connectivity index (χ1n) is 23.0. The molecule has 14 rings (SSSR count). The average Bonchev–Trinajstić information content (AvgIpc) is 3.99. The van der Waals surface area contributed by atoms with Crippen LogP contribution >= 0.6 is 0 Å². The third kappa shape index (κ3) is 4.73. The smallest absolute Gasteiger partial charge is 0.248 e. The lowest BCUT2D eigenvalue weighted by Crippen LogP contribution is -2.64. The number of benzene rings is 9. The van der Waals surface area contributed by atoms with Crippen molar-refractivity contribution in [2.75, 3.05) is 0 Å². The predicted octanol–water partition coefficient (Wildman–Crippen LogP) is 11.4. The summed E-state index contributed by atoms with van der Waals surface area (Å²) in [6.07, 6.45) is 0. The van der Waals surface area contributed by atoms with Gasteiger partial charge in [-0.2, -0.15) is 0 Å². The highest BCUT2D eigenvalue weighted by atomic mass is 16.3.